The van der Waals surface area contributed by atoms with Gasteiger partial charge in [-0.3, -0.25) is 0 Å². The number of fused-ring (bicyclic) bond motifs is 1. The maximum Gasteiger partial charge on any atom is 0.0483 e. The number of benzene rings is 1. The molecule has 110 valence electrons. The molecule has 0 spiro atoms. The van der Waals surface area contributed by atoms with Crippen molar-refractivity contribution >= 4 is 10.9 Å². The van der Waals surface area contributed by atoms with Crippen molar-refractivity contribution < 1.29 is 0 Å². The van der Waals surface area contributed by atoms with Crippen molar-refractivity contribution in [3.8, 4) is 0 Å². The van der Waals surface area contributed by atoms with E-state index >= 15 is 0 Å². The summed E-state index contributed by atoms with van der Waals surface area (Å²) in [5, 5.41) is 4.89. The third-order valence-electron chi connectivity index (χ3n) is 3.61. The van der Waals surface area contributed by atoms with Crippen LogP contribution in [0.3, 0.4) is 0 Å². The number of nitrogens with one attached hydrogen (secondary N) is 1. The molecule has 0 amide bonds. The van der Waals surface area contributed by atoms with Crippen molar-refractivity contribution in [2.45, 2.75) is 39.4 Å². The fraction of sp³-hybridized carbons (Fsp3) is 0.529. The lowest BCUT2D eigenvalue weighted by Gasteiger charge is -2.12. The van der Waals surface area contributed by atoms with Crippen LogP contribution in [0.25, 0.3) is 10.9 Å². The van der Waals surface area contributed by atoms with Crippen LogP contribution in [0.4, 0.5) is 0 Å². The molecule has 2 aromatic rings. The summed E-state index contributed by atoms with van der Waals surface area (Å²) in [6.07, 6.45) is 3.41. The van der Waals surface area contributed by atoms with Gasteiger partial charge >= 0.3 is 0 Å². The van der Waals surface area contributed by atoms with E-state index in [0.717, 1.165) is 19.6 Å². The lowest BCUT2D eigenvalue weighted by atomic mass is 10.1. The molecule has 0 fully saturated rings. The summed E-state index contributed by atoms with van der Waals surface area (Å²) in [5.41, 5.74) is 2.74. The van der Waals surface area contributed by atoms with Gasteiger partial charge in [0, 0.05) is 36.2 Å². The van der Waals surface area contributed by atoms with E-state index in [9.17, 15) is 0 Å². The second-order valence-corrected chi connectivity index (χ2v) is 6.05. The summed E-state index contributed by atoms with van der Waals surface area (Å²) in [6, 6.07) is 9.39. The molecule has 1 heterocycles. The molecule has 0 bridgehead atoms. The van der Waals surface area contributed by atoms with Gasteiger partial charge in [-0.25, -0.2) is 0 Å². The molecule has 1 aromatic carbocycles. The van der Waals surface area contributed by atoms with Crippen LogP contribution in [0.2, 0.25) is 0 Å². The van der Waals surface area contributed by atoms with Gasteiger partial charge in [0.15, 0.2) is 0 Å². The molecule has 0 aliphatic rings. The lowest BCUT2D eigenvalue weighted by molar-refractivity contribution is 0.388. The van der Waals surface area contributed by atoms with Crippen LogP contribution in [0.1, 0.15) is 25.8 Å². The van der Waals surface area contributed by atoms with Gasteiger partial charge in [-0.1, -0.05) is 26.0 Å². The first kappa shape index (κ1) is 15.1. The summed E-state index contributed by atoms with van der Waals surface area (Å²) in [5.74, 6) is 0. The van der Waals surface area contributed by atoms with Gasteiger partial charge in [0.2, 0.25) is 0 Å². The Morgan fingerprint density at radius 2 is 2.00 bits per heavy atom. The maximum absolute atomic E-state index is 3.51. The first-order valence-corrected chi connectivity index (χ1v) is 7.53. The van der Waals surface area contributed by atoms with Crippen molar-refractivity contribution in [3.05, 3.63) is 36.0 Å². The van der Waals surface area contributed by atoms with E-state index in [0.29, 0.717) is 6.04 Å². The van der Waals surface area contributed by atoms with Crippen LogP contribution in [0.5, 0.6) is 0 Å². The minimum Gasteiger partial charge on any atom is -0.347 e. The predicted molar refractivity (Wildman–Crippen MR) is 87.1 cm³/mol. The summed E-state index contributed by atoms with van der Waals surface area (Å²) in [6.45, 7) is 7.53. The summed E-state index contributed by atoms with van der Waals surface area (Å²) < 4.78 is 2.37. The molecular formula is C17H27N3. The zero-order chi connectivity index (χ0) is 14.5. The average molecular weight is 273 g/mol. The van der Waals surface area contributed by atoms with E-state index in [-0.39, 0.29) is 0 Å². The van der Waals surface area contributed by atoms with Gasteiger partial charge in [-0.15, -0.1) is 0 Å². The Labute approximate surface area is 122 Å². The third-order valence-corrected chi connectivity index (χ3v) is 3.61. The number of hydrogen-bond donors (Lipinski definition) is 1. The molecule has 20 heavy (non-hydrogen) atoms. The molecular weight excluding hydrogens is 246 g/mol. The van der Waals surface area contributed by atoms with E-state index in [1.54, 1.807) is 0 Å². The highest BCUT2D eigenvalue weighted by Crippen LogP contribution is 2.20. The van der Waals surface area contributed by atoms with Gasteiger partial charge in [-0.05, 0) is 44.8 Å². The quantitative estimate of drug-likeness (QED) is 0.836. The van der Waals surface area contributed by atoms with Gasteiger partial charge in [-0.2, -0.15) is 0 Å². The van der Waals surface area contributed by atoms with Crippen LogP contribution < -0.4 is 5.32 Å². The minimum atomic E-state index is 0.521. The lowest BCUT2D eigenvalue weighted by Crippen LogP contribution is -2.21. The number of aryl methyl sites for hydroxylation is 1. The maximum atomic E-state index is 3.51. The Morgan fingerprint density at radius 1 is 1.20 bits per heavy atom. The Balaban J connectivity index is 2.12. The standard InChI is InChI=1S/C17H27N3/c1-14(2)18-13-15-7-5-8-17-16(15)9-12-20(17)11-6-10-19(3)4/h5,7-9,12,14,18H,6,10-11,13H2,1-4H3. The van der Waals surface area contributed by atoms with Gasteiger partial charge in [0.25, 0.3) is 0 Å². The largest absolute Gasteiger partial charge is 0.347 e. The number of nitrogens with zero attached hydrogens (tertiary/aromatic N) is 2. The van der Waals surface area contributed by atoms with Crippen molar-refractivity contribution in [2.75, 3.05) is 20.6 Å². The van der Waals surface area contributed by atoms with E-state index in [1.165, 1.54) is 22.9 Å². The van der Waals surface area contributed by atoms with E-state index < -0.39 is 0 Å². The average Bonchev–Trinajstić information content (AvgIpc) is 2.80. The van der Waals surface area contributed by atoms with Crippen LogP contribution in [-0.4, -0.2) is 36.1 Å². The Hall–Kier alpha value is -1.32. The van der Waals surface area contributed by atoms with Crippen molar-refractivity contribution in [2.24, 2.45) is 0 Å². The Morgan fingerprint density at radius 3 is 2.70 bits per heavy atom. The number of rotatable bonds is 7. The van der Waals surface area contributed by atoms with Crippen molar-refractivity contribution in [3.63, 3.8) is 0 Å². The molecule has 1 aromatic heterocycles. The molecule has 0 saturated carbocycles. The highest BCUT2D eigenvalue weighted by molar-refractivity contribution is 5.83. The third kappa shape index (κ3) is 3.84. The van der Waals surface area contributed by atoms with Gasteiger partial charge < -0.3 is 14.8 Å². The first-order valence-electron chi connectivity index (χ1n) is 7.53. The highest BCUT2D eigenvalue weighted by Gasteiger charge is 2.06. The molecule has 0 atom stereocenters. The number of aromatic nitrogens is 1. The van der Waals surface area contributed by atoms with E-state index in [1.807, 2.05) is 0 Å². The van der Waals surface area contributed by atoms with Crippen molar-refractivity contribution in [1.82, 2.24) is 14.8 Å². The zero-order valence-corrected chi connectivity index (χ0v) is 13.2. The molecule has 0 unspecified atom stereocenters. The van der Waals surface area contributed by atoms with Gasteiger partial charge in [0.1, 0.15) is 0 Å². The number of hydrogen-bond acceptors (Lipinski definition) is 2. The molecule has 0 saturated heterocycles. The fourth-order valence-corrected chi connectivity index (χ4v) is 2.51. The van der Waals surface area contributed by atoms with E-state index in [4.69, 9.17) is 0 Å². The van der Waals surface area contributed by atoms with Crippen LogP contribution in [0, 0.1) is 0 Å². The second kappa shape index (κ2) is 6.91. The topological polar surface area (TPSA) is 20.2 Å². The zero-order valence-electron chi connectivity index (χ0n) is 13.2. The molecule has 3 heteroatoms. The first-order chi connectivity index (χ1) is 9.58. The molecule has 0 aliphatic heterocycles. The highest BCUT2D eigenvalue weighted by atomic mass is 15.1. The smallest absolute Gasteiger partial charge is 0.0483 e. The Kier molecular flexibility index (Phi) is 5.21. The summed E-state index contributed by atoms with van der Waals surface area (Å²) in [4.78, 5) is 2.24. The SMILES string of the molecule is CC(C)NCc1cccc2c1ccn2CCCN(C)C. The molecule has 0 radical (unpaired) electrons. The molecule has 3 nitrogen and oxygen atoms in total. The van der Waals surface area contributed by atoms with Crippen molar-refractivity contribution in [1.29, 1.82) is 0 Å². The molecule has 2 rings (SSSR count). The fourth-order valence-electron chi connectivity index (χ4n) is 2.51. The monoisotopic (exact) mass is 273 g/mol. The predicted octanol–water partition coefficient (Wildman–Crippen LogP) is 3.09. The normalized spacial score (nSPS) is 11.9. The van der Waals surface area contributed by atoms with Crippen LogP contribution >= 0.6 is 0 Å². The summed E-state index contributed by atoms with van der Waals surface area (Å²) >= 11 is 0. The van der Waals surface area contributed by atoms with Crippen LogP contribution in [-0.2, 0) is 13.1 Å². The second-order valence-electron chi connectivity index (χ2n) is 6.05. The Bertz CT molecular complexity index is 540. The van der Waals surface area contributed by atoms with E-state index in [2.05, 4.69) is 73.2 Å². The molecule has 1 N–H and O–H groups in total. The van der Waals surface area contributed by atoms with Gasteiger partial charge in [0.05, 0.1) is 0 Å². The minimum absolute atomic E-state index is 0.521. The summed E-state index contributed by atoms with van der Waals surface area (Å²) in [7, 11) is 4.26. The van der Waals surface area contributed by atoms with Crippen LogP contribution in [0.15, 0.2) is 30.5 Å². The molecule has 0 aliphatic carbocycles.